The van der Waals surface area contributed by atoms with Crippen LogP contribution in [-0.2, 0) is 17.3 Å². The third kappa shape index (κ3) is 6.89. The molecule has 1 aromatic heterocycles. The molecule has 0 bridgehead atoms. The first-order valence-electron chi connectivity index (χ1n) is 18.6. The van der Waals surface area contributed by atoms with E-state index in [1.165, 1.54) is 49.7 Å². The predicted octanol–water partition coefficient (Wildman–Crippen LogP) is 10.2. The zero-order valence-corrected chi connectivity index (χ0v) is 31.5. The topological polar surface area (TPSA) is 51.7 Å². The molecule has 0 fully saturated rings. The van der Waals surface area contributed by atoms with Crippen LogP contribution in [0.2, 0.25) is 0 Å². The summed E-state index contributed by atoms with van der Waals surface area (Å²) in [6.07, 6.45) is 13.6. The number of rotatable bonds is 13. The molecule has 0 atom stereocenters. The number of carboxylic acids is 1. The van der Waals surface area contributed by atoms with Crippen LogP contribution in [0.1, 0.15) is 45.1 Å². The summed E-state index contributed by atoms with van der Waals surface area (Å²) in [4.78, 5) is 15.6. The van der Waals surface area contributed by atoms with E-state index in [4.69, 9.17) is 5.11 Å². The number of aryl methyl sites for hydroxylation is 1. The van der Waals surface area contributed by atoms with Gasteiger partial charge in [-0.2, -0.15) is 4.58 Å². The lowest BCUT2D eigenvalue weighted by Crippen LogP contribution is -2.28. The summed E-state index contributed by atoms with van der Waals surface area (Å²) in [7, 11) is 6.40. The summed E-state index contributed by atoms with van der Waals surface area (Å²) in [5.74, 6) is -0.727. The second-order valence-electron chi connectivity index (χ2n) is 14.5. The van der Waals surface area contributed by atoms with Crippen molar-refractivity contribution >= 4 is 67.9 Å². The summed E-state index contributed by atoms with van der Waals surface area (Å²) in [5, 5.41) is 14.1. The fourth-order valence-corrected chi connectivity index (χ4v) is 7.95. The molecule has 53 heavy (non-hydrogen) atoms. The van der Waals surface area contributed by atoms with Gasteiger partial charge in [0.25, 0.3) is 0 Å². The highest BCUT2D eigenvalue weighted by molar-refractivity contribution is 6.15. The third-order valence-electron chi connectivity index (χ3n) is 10.9. The van der Waals surface area contributed by atoms with Crippen LogP contribution in [0.5, 0.6) is 0 Å². The zero-order chi connectivity index (χ0) is 37.1. The van der Waals surface area contributed by atoms with E-state index < -0.39 is 5.97 Å². The Morgan fingerprint density at radius 1 is 0.755 bits per heavy atom. The number of benzene rings is 5. The van der Waals surface area contributed by atoms with Gasteiger partial charge in [0.15, 0.2) is 5.71 Å². The number of hydrogen-bond donors (Lipinski definition) is 1. The maximum Gasteiger partial charge on any atom is 0.303 e. The predicted molar refractivity (Wildman–Crippen MR) is 223 cm³/mol. The second-order valence-corrected chi connectivity index (χ2v) is 14.5. The van der Waals surface area contributed by atoms with Crippen molar-refractivity contribution in [1.82, 2.24) is 4.57 Å². The number of anilines is 4. The number of nitrogens with zero attached hydrogens (tertiary/aromatic N) is 4. The molecule has 268 valence electrons. The highest BCUT2D eigenvalue weighted by Gasteiger charge is 2.44. The molecule has 6 heteroatoms. The lowest BCUT2D eigenvalue weighted by atomic mass is 9.81. The molecule has 0 radical (unpaired) electrons. The lowest BCUT2D eigenvalue weighted by molar-refractivity contribution is -0.438. The molecule has 0 unspecified atom stereocenters. The average molecular weight is 702 g/mol. The van der Waals surface area contributed by atoms with Gasteiger partial charge in [0, 0.05) is 101 Å². The quantitative estimate of drug-likeness (QED) is 0.0740. The Balaban J connectivity index is 1.19. The fraction of sp³-hybridized carbons (Fsp3) is 0.234. The standard InChI is InChI=1S/C47H48N4O2/c1-47(2)39-33-36(48(3)34-19-10-6-11-20-34)28-29-42(39)51(32-17-9-16-27-45(52)53)44(47)26-15-8-14-25-40-37-23-18-24-38-41(30-31-43(46(37)38)50(40)5)49(4)35-21-12-7-13-22-35/h6-8,10-15,18-26,28-31,33H,9,16-17,27,32H2,1-5H3/p+1. The molecule has 6 aromatic rings. The lowest BCUT2D eigenvalue weighted by Gasteiger charge is -2.22. The number of fused-ring (bicyclic) bond motifs is 1. The molecular weight excluding hydrogens is 653 g/mol. The van der Waals surface area contributed by atoms with Gasteiger partial charge in [-0.05, 0) is 81.3 Å². The van der Waals surface area contributed by atoms with Gasteiger partial charge in [0.2, 0.25) is 5.69 Å². The molecule has 7 rings (SSSR count). The van der Waals surface area contributed by atoms with E-state index in [9.17, 15) is 4.79 Å². The van der Waals surface area contributed by atoms with Crippen LogP contribution < -0.4 is 15.1 Å². The largest absolute Gasteiger partial charge is 0.481 e. The molecule has 0 saturated heterocycles. The van der Waals surface area contributed by atoms with Crippen LogP contribution in [0.25, 0.3) is 27.8 Å². The number of para-hydroxylation sites is 2. The Morgan fingerprint density at radius 3 is 2.17 bits per heavy atom. The maximum absolute atomic E-state index is 11.1. The highest BCUT2D eigenvalue weighted by Crippen LogP contribution is 2.43. The monoisotopic (exact) mass is 701 g/mol. The van der Waals surface area contributed by atoms with Gasteiger partial charge in [-0.25, -0.2) is 0 Å². The van der Waals surface area contributed by atoms with Crippen LogP contribution in [0.3, 0.4) is 0 Å². The number of aliphatic carboxylic acids is 1. The summed E-state index contributed by atoms with van der Waals surface area (Å²) >= 11 is 0. The van der Waals surface area contributed by atoms with Gasteiger partial charge in [-0.3, -0.25) is 4.79 Å². The van der Waals surface area contributed by atoms with E-state index in [-0.39, 0.29) is 11.8 Å². The van der Waals surface area contributed by atoms with E-state index in [0.29, 0.717) is 6.42 Å². The normalized spacial score (nSPS) is 14.3. The van der Waals surface area contributed by atoms with E-state index in [1.807, 2.05) is 6.07 Å². The molecular formula is C47H49N4O2+. The minimum atomic E-state index is -0.727. The van der Waals surface area contributed by atoms with Crippen LogP contribution in [0, 0.1) is 0 Å². The molecule has 2 heterocycles. The minimum Gasteiger partial charge on any atom is -0.481 e. The third-order valence-corrected chi connectivity index (χ3v) is 10.9. The maximum atomic E-state index is 11.1. The van der Waals surface area contributed by atoms with Gasteiger partial charge in [0.05, 0.1) is 5.41 Å². The van der Waals surface area contributed by atoms with Gasteiger partial charge >= 0.3 is 5.97 Å². The molecule has 6 nitrogen and oxygen atoms in total. The van der Waals surface area contributed by atoms with Crippen molar-refractivity contribution in [3.63, 3.8) is 0 Å². The Labute approximate surface area is 312 Å². The van der Waals surface area contributed by atoms with E-state index in [1.54, 1.807) is 0 Å². The molecule has 1 aliphatic heterocycles. The van der Waals surface area contributed by atoms with Crippen molar-refractivity contribution in [1.29, 1.82) is 0 Å². The van der Waals surface area contributed by atoms with Crippen LogP contribution in [0.15, 0.2) is 133 Å². The minimum absolute atomic E-state index is 0.217. The zero-order valence-electron chi connectivity index (χ0n) is 31.5. The van der Waals surface area contributed by atoms with Crippen molar-refractivity contribution < 1.29 is 14.5 Å². The number of aromatic nitrogens is 1. The first-order valence-corrected chi connectivity index (χ1v) is 18.6. The Morgan fingerprint density at radius 2 is 1.45 bits per heavy atom. The molecule has 0 spiro atoms. The highest BCUT2D eigenvalue weighted by atomic mass is 16.4. The van der Waals surface area contributed by atoms with Gasteiger partial charge in [-0.15, -0.1) is 0 Å². The summed E-state index contributed by atoms with van der Waals surface area (Å²) in [5.41, 5.74) is 9.40. The van der Waals surface area contributed by atoms with Crippen molar-refractivity contribution in [3.8, 4) is 0 Å². The van der Waals surface area contributed by atoms with Gasteiger partial charge < -0.3 is 19.5 Å². The van der Waals surface area contributed by atoms with E-state index in [0.717, 1.165) is 36.4 Å². The molecule has 5 aromatic carbocycles. The van der Waals surface area contributed by atoms with Gasteiger partial charge in [0.1, 0.15) is 6.54 Å². The molecule has 0 amide bonds. The van der Waals surface area contributed by atoms with Crippen molar-refractivity contribution in [2.75, 3.05) is 30.4 Å². The fourth-order valence-electron chi connectivity index (χ4n) is 7.95. The van der Waals surface area contributed by atoms with Crippen LogP contribution >= 0.6 is 0 Å². The summed E-state index contributed by atoms with van der Waals surface area (Å²) in [6.45, 7) is 5.46. The number of carboxylic acid groups (broad SMARTS) is 1. The SMILES string of the molecule is CN(c1ccccc1)c1ccc2c(c1)C(C)(C)C(/C=C/C=C/C=c1\c3cccc4c(N(C)c5ccccc5)ccc(c43)n1C)=[N+]2CCCCCC(=O)O. The van der Waals surface area contributed by atoms with Crippen molar-refractivity contribution in [3.05, 3.63) is 144 Å². The number of carbonyl (C=O) groups is 1. The van der Waals surface area contributed by atoms with Gasteiger partial charge in [-0.1, -0.05) is 72.8 Å². The first kappa shape index (κ1) is 35.5. The molecule has 0 saturated carbocycles. The second kappa shape index (κ2) is 15.0. The van der Waals surface area contributed by atoms with Crippen molar-refractivity contribution in [2.45, 2.75) is 44.9 Å². The summed E-state index contributed by atoms with van der Waals surface area (Å²) < 4.78 is 4.73. The number of allylic oxidation sites excluding steroid dienone is 4. The van der Waals surface area contributed by atoms with E-state index >= 15 is 0 Å². The molecule has 1 aliphatic rings. The first-order chi connectivity index (χ1) is 25.7. The Kier molecular flexibility index (Phi) is 10.1. The Hall–Kier alpha value is -5.88. The van der Waals surface area contributed by atoms with Crippen molar-refractivity contribution in [2.24, 2.45) is 7.05 Å². The summed E-state index contributed by atoms with van der Waals surface area (Å²) in [6, 6.07) is 38.8. The number of hydrogen-bond acceptors (Lipinski definition) is 3. The Bertz CT molecular complexity index is 2420. The number of unbranched alkanes of at least 4 members (excludes halogenated alkanes) is 2. The molecule has 1 N–H and O–H groups in total. The average Bonchev–Trinajstić information content (AvgIpc) is 3.57. The van der Waals surface area contributed by atoms with Crippen LogP contribution in [0.4, 0.5) is 28.4 Å². The van der Waals surface area contributed by atoms with Crippen LogP contribution in [-0.4, -0.2) is 46.6 Å². The molecule has 0 aliphatic carbocycles. The van der Waals surface area contributed by atoms with E-state index in [2.05, 4.69) is 187 Å². The smallest absolute Gasteiger partial charge is 0.303 e.